The summed E-state index contributed by atoms with van der Waals surface area (Å²) in [6.07, 6.45) is -1.84. The van der Waals surface area contributed by atoms with Crippen molar-refractivity contribution in [3.63, 3.8) is 0 Å². The Morgan fingerprint density at radius 1 is 1.41 bits per heavy atom. The van der Waals surface area contributed by atoms with Gasteiger partial charge in [-0.1, -0.05) is 25.2 Å². The van der Waals surface area contributed by atoms with Gasteiger partial charge in [0.25, 0.3) is 0 Å². The lowest BCUT2D eigenvalue weighted by molar-refractivity contribution is -0.247. The number of esters is 1. The van der Waals surface area contributed by atoms with Gasteiger partial charge in [-0.15, -0.1) is 6.58 Å². The van der Waals surface area contributed by atoms with Crippen molar-refractivity contribution < 1.29 is 27.1 Å². The molecule has 0 saturated heterocycles. The van der Waals surface area contributed by atoms with E-state index in [0.717, 1.165) is 13.0 Å². The number of rotatable bonds is 5. The van der Waals surface area contributed by atoms with Crippen LogP contribution in [0.2, 0.25) is 0 Å². The third kappa shape index (κ3) is 3.31. The molecule has 0 N–H and O–H groups in total. The third-order valence-corrected chi connectivity index (χ3v) is 2.24. The minimum atomic E-state index is -5.34. The summed E-state index contributed by atoms with van der Waals surface area (Å²) in [5.74, 6) is -3.67. The molecule has 2 unspecified atom stereocenters. The summed E-state index contributed by atoms with van der Waals surface area (Å²) in [5.41, 5.74) is -4.06. The average Bonchev–Trinajstić information content (AvgIpc) is 2.25. The highest BCUT2D eigenvalue weighted by Crippen LogP contribution is 2.41. The molecule has 2 atom stereocenters. The first-order valence-corrected chi connectivity index (χ1v) is 4.88. The van der Waals surface area contributed by atoms with Gasteiger partial charge in [0.05, 0.1) is 0 Å². The van der Waals surface area contributed by atoms with Gasteiger partial charge < -0.3 is 4.74 Å². The fourth-order valence-corrected chi connectivity index (χ4v) is 1.05. The molecule has 0 aliphatic carbocycles. The fourth-order valence-electron chi connectivity index (χ4n) is 1.05. The number of allylic oxidation sites excluding steroid dienone is 2. The van der Waals surface area contributed by atoms with Crippen LogP contribution in [0, 0.1) is 5.92 Å². The van der Waals surface area contributed by atoms with Crippen LogP contribution in [0.4, 0.5) is 17.6 Å². The van der Waals surface area contributed by atoms with Gasteiger partial charge in [-0.2, -0.15) is 13.2 Å². The van der Waals surface area contributed by atoms with Crippen LogP contribution < -0.4 is 0 Å². The molecule has 6 heteroatoms. The molecule has 0 aromatic carbocycles. The molecule has 0 saturated carbocycles. The van der Waals surface area contributed by atoms with Gasteiger partial charge in [-0.3, -0.25) is 0 Å². The molecule has 0 aromatic heterocycles. The third-order valence-electron chi connectivity index (χ3n) is 2.24. The molecule has 0 bridgehead atoms. The molecule has 0 aliphatic rings. The second-order valence-corrected chi connectivity index (χ2v) is 3.40. The monoisotopic (exact) mass is 254 g/mol. The Hall–Kier alpha value is -1.33. The smallest absolute Gasteiger partial charge is 0.434 e. The molecule has 0 spiro atoms. The van der Waals surface area contributed by atoms with Crippen LogP contribution >= 0.6 is 0 Å². The lowest BCUT2D eigenvalue weighted by Crippen LogP contribution is -2.53. The van der Waals surface area contributed by atoms with Crippen molar-refractivity contribution in [3.05, 3.63) is 24.8 Å². The van der Waals surface area contributed by atoms with Gasteiger partial charge in [-0.25, -0.2) is 9.18 Å². The Bertz CT molecular complexity index is 309. The summed E-state index contributed by atoms with van der Waals surface area (Å²) >= 11 is 0. The van der Waals surface area contributed by atoms with Gasteiger partial charge in [0.1, 0.15) is 6.61 Å². The standard InChI is InChI=1S/C11H14F4O2/c1-4-6-7-17-9(16)10(12,8(3)5-2)11(13,14)15/h4-6,8H,2,7H2,1,3H3. The van der Waals surface area contributed by atoms with Crippen molar-refractivity contribution in [3.8, 4) is 0 Å². The predicted octanol–water partition coefficient (Wildman–Crippen LogP) is 3.20. The molecule has 0 aliphatic heterocycles. The minimum absolute atomic E-state index is 0.402. The maximum atomic E-state index is 13.8. The molecule has 0 heterocycles. The second-order valence-electron chi connectivity index (χ2n) is 3.40. The van der Waals surface area contributed by atoms with Crippen molar-refractivity contribution in [2.75, 3.05) is 6.61 Å². The molecule has 0 radical (unpaired) electrons. The van der Waals surface area contributed by atoms with Gasteiger partial charge in [0, 0.05) is 5.92 Å². The first-order chi connectivity index (χ1) is 7.71. The molecule has 0 amide bonds. The highest BCUT2D eigenvalue weighted by atomic mass is 19.4. The van der Waals surface area contributed by atoms with Crippen molar-refractivity contribution in [2.24, 2.45) is 5.92 Å². The van der Waals surface area contributed by atoms with Crippen LogP contribution in [0.15, 0.2) is 24.8 Å². The number of hydrogen-bond acceptors (Lipinski definition) is 2. The Kier molecular flexibility index (Phi) is 5.38. The molecule has 0 rings (SSSR count). The SMILES string of the molecule is C=CC(C)C(F)(C(=O)OCC=CC)C(F)(F)F. The van der Waals surface area contributed by atoms with E-state index >= 15 is 0 Å². The summed E-state index contributed by atoms with van der Waals surface area (Å²) in [5, 5.41) is 0. The van der Waals surface area contributed by atoms with E-state index < -0.39 is 30.3 Å². The zero-order valence-electron chi connectivity index (χ0n) is 9.55. The van der Waals surface area contributed by atoms with E-state index in [0.29, 0.717) is 0 Å². The summed E-state index contributed by atoms with van der Waals surface area (Å²) in [6, 6.07) is 0. The average molecular weight is 254 g/mol. The number of carbonyl (C=O) groups excluding carboxylic acids is 1. The number of ether oxygens (including phenoxy) is 1. The maximum absolute atomic E-state index is 13.8. The number of hydrogen-bond donors (Lipinski definition) is 0. The van der Waals surface area contributed by atoms with Gasteiger partial charge in [0.15, 0.2) is 0 Å². The van der Waals surface area contributed by atoms with Crippen LogP contribution in [-0.2, 0) is 9.53 Å². The summed E-state index contributed by atoms with van der Waals surface area (Å²) in [7, 11) is 0. The Balaban J connectivity index is 5.06. The Morgan fingerprint density at radius 2 is 1.94 bits per heavy atom. The molecule has 0 fully saturated rings. The van der Waals surface area contributed by atoms with Crippen molar-refractivity contribution in [2.45, 2.75) is 25.7 Å². The van der Waals surface area contributed by atoms with Crippen LogP contribution in [0.25, 0.3) is 0 Å². The highest BCUT2D eigenvalue weighted by Gasteiger charge is 2.65. The second kappa shape index (κ2) is 5.84. The zero-order chi connectivity index (χ0) is 13.7. The van der Waals surface area contributed by atoms with Crippen LogP contribution in [0.1, 0.15) is 13.8 Å². The Labute approximate surface area is 96.9 Å². The lowest BCUT2D eigenvalue weighted by Gasteiger charge is -2.29. The van der Waals surface area contributed by atoms with Crippen molar-refractivity contribution >= 4 is 5.97 Å². The molecule has 0 aromatic rings. The largest absolute Gasteiger partial charge is 0.459 e. The highest BCUT2D eigenvalue weighted by molar-refractivity contribution is 5.81. The van der Waals surface area contributed by atoms with Crippen molar-refractivity contribution in [1.29, 1.82) is 0 Å². The topological polar surface area (TPSA) is 26.3 Å². The fraction of sp³-hybridized carbons (Fsp3) is 0.545. The van der Waals surface area contributed by atoms with E-state index in [4.69, 9.17) is 0 Å². The van der Waals surface area contributed by atoms with E-state index in [1.807, 2.05) is 0 Å². The van der Waals surface area contributed by atoms with E-state index in [1.54, 1.807) is 6.92 Å². The van der Waals surface area contributed by atoms with Crippen LogP contribution in [0.3, 0.4) is 0 Å². The summed E-state index contributed by atoms with van der Waals surface area (Å²) in [4.78, 5) is 11.2. The van der Waals surface area contributed by atoms with Crippen LogP contribution in [-0.4, -0.2) is 24.4 Å². The predicted molar refractivity (Wildman–Crippen MR) is 55.0 cm³/mol. The first kappa shape index (κ1) is 15.7. The Morgan fingerprint density at radius 3 is 2.29 bits per heavy atom. The summed E-state index contributed by atoms with van der Waals surface area (Å²) in [6.45, 7) is 5.16. The van der Waals surface area contributed by atoms with Crippen LogP contribution in [0.5, 0.6) is 0 Å². The van der Waals surface area contributed by atoms with E-state index in [1.165, 1.54) is 12.2 Å². The lowest BCUT2D eigenvalue weighted by atomic mass is 9.90. The number of halogens is 4. The molecule has 17 heavy (non-hydrogen) atoms. The quantitative estimate of drug-likeness (QED) is 0.428. The minimum Gasteiger partial charge on any atom is -0.459 e. The van der Waals surface area contributed by atoms with E-state index in [-0.39, 0.29) is 0 Å². The number of alkyl halides is 4. The molecular weight excluding hydrogens is 240 g/mol. The van der Waals surface area contributed by atoms with Gasteiger partial charge >= 0.3 is 17.8 Å². The molecule has 98 valence electrons. The number of carbonyl (C=O) groups is 1. The first-order valence-electron chi connectivity index (χ1n) is 4.88. The van der Waals surface area contributed by atoms with Gasteiger partial charge in [0.2, 0.25) is 0 Å². The normalized spacial score (nSPS) is 17.5. The summed E-state index contributed by atoms with van der Waals surface area (Å²) < 4.78 is 55.7. The molecule has 2 nitrogen and oxygen atoms in total. The van der Waals surface area contributed by atoms with Crippen molar-refractivity contribution in [1.82, 2.24) is 0 Å². The molecular formula is C11H14F4O2. The van der Waals surface area contributed by atoms with Gasteiger partial charge in [-0.05, 0) is 6.92 Å². The van der Waals surface area contributed by atoms with E-state index in [2.05, 4.69) is 11.3 Å². The maximum Gasteiger partial charge on any atom is 0.434 e. The zero-order valence-corrected chi connectivity index (χ0v) is 9.55. The van der Waals surface area contributed by atoms with E-state index in [9.17, 15) is 22.4 Å².